The Morgan fingerprint density at radius 2 is 2.20 bits per heavy atom. The number of benzene rings is 1. The fraction of sp³-hybridized carbons (Fsp3) is 0.125. The smallest absolute Gasteiger partial charge is 0.117 e. The third kappa shape index (κ3) is 0.866. The van der Waals surface area contributed by atoms with Crippen molar-refractivity contribution in [2.24, 2.45) is 0 Å². The molecule has 1 aliphatic rings. The minimum absolute atomic E-state index is 0.580. The molecule has 0 amide bonds. The van der Waals surface area contributed by atoms with Gasteiger partial charge in [-0.2, -0.15) is 0 Å². The zero-order valence-electron chi connectivity index (χ0n) is 5.50. The molecule has 1 radical (unpaired) electrons. The molecule has 0 saturated carbocycles. The van der Waals surface area contributed by atoms with Crippen molar-refractivity contribution in [1.29, 1.82) is 0 Å². The molecule has 0 saturated heterocycles. The van der Waals surface area contributed by atoms with E-state index in [0.717, 1.165) is 11.3 Å². The lowest BCUT2D eigenvalue weighted by Crippen LogP contribution is -2.12. The summed E-state index contributed by atoms with van der Waals surface area (Å²) < 4.78 is 5.06. The largest absolute Gasteiger partial charge is 0.362 e. The summed E-state index contributed by atoms with van der Waals surface area (Å²) in [5.74, 6) is 0. The van der Waals surface area contributed by atoms with Gasteiger partial charge >= 0.3 is 0 Å². The molecule has 2 heteroatoms. The van der Waals surface area contributed by atoms with Gasteiger partial charge in [0.1, 0.15) is 13.3 Å². The van der Waals surface area contributed by atoms with E-state index in [1.54, 1.807) is 6.61 Å². The molecule has 0 aliphatic carbocycles. The average molecular weight is 134 g/mol. The number of hydrogen-bond donors (Lipinski definition) is 1. The summed E-state index contributed by atoms with van der Waals surface area (Å²) in [4.78, 5) is 0. The van der Waals surface area contributed by atoms with Gasteiger partial charge in [-0.15, -0.1) is 0 Å². The zero-order valence-corrected chi connectivity index (χ0v) is 5.50. The molecular weight excluding hydrogens is 126 g/mol. The number of hydrogen-bond acceptors (Lipinski definition) is 2. The van der Waals surface area contributed by atoms with Crippen molar-refractivity contribution in [1.82, 2.24) is 0 Å². The number of ether oxygens (including phenoxy) is 1. The maximum Gasteiger partial charge on any atom is 0.117 e. The van der Waals surface area contributed by atoms with Crippen molar-refractivity contribution in [3.8, 4) is 0 Å². The van der Waals surface area contributed by atoms with E-state index in [4.69, 9.17) is 4.74 Å². The van der Waals surface area contributed by atoms with Crippen LogP contribution in [0.25, 0.3) is 0 Å². The molecular formula is C8H8NO. The van der Waals surface area contributed by atoms with Gasteiger partial charge in [-0.1, -0.05) is 18.2 Å². The molecule has 10 heavy (non-hydrogen) atoms. The molecule has 2 nitrogen and oxygen atoms in total. The minimum Gasteiger partial charge on any atom is -0.362 e. The Morgan fingerprint density at radius 3 is 3.10 bits per heavy atom. The Hall–Kier alpha value is -1.02. The lowest BCUT2D eigenvalue weighted by atomic mass is 10.2. The second-order valence-electron chi connectivity index (χ2n) is 2.19. The van der Waals surface area contributed by atoms with E-state index < -0.39 is 0 Å². The Balaban J connectivity index is 2.41. The number of nitrogens with one attached hydrogen (secondary N) is 1. The SMILES string of the molecule is [CH]1OCNc2ccccc21. The Labute approximate surface area is 59.8 Å². The molecule has 0 atom stereocenters. The first-order valence-electron chi connectivity index (χ1n) is 3.24. The number of anilines is 1. The van der Waals surface area contributed by atoms with Gasteiger partial charge < -0.3 is 10.1 Å². The monoisotopic (exact) mass is 134 g/mol. The molecule has 0 fully saturated rings. The van der Waals surface area contributed by atoms with E-state index in [0.29, 0.717) is 6.73 Å². The highest BCUT2D eigenvalue weighted by molar-refractivity contribution is 5.54. The summed E-state index contributed by atoms with van der Waals surface area (Å²) in [6, 6.07) is 8.05. The molecule has 1 N–H and O–H groups in total. The third-order valence-corrected chi connectivity index (χ3v) is 1.52. The van der Waals surface area contributed by atoms with Crippen LogP contribution in [0, 0.1) is 6.61 Å². The summed E-state index contributed by atoms with van der Waals surface area (Å²) >= 11 is 0. The van der Waals surface area contributed by atoms with E-state index >= 15 is 0 Å². The fourth-order valence-electron chi connectivity index (χ4n) is 1.01. The van der Waals surface area contributed by atoms with Crippen molar-refractivity contribution in [3.63, 3.8) is 0 Å². The second kappa shape index (κ2) is 2.31. The zero-order chi connectivity index (χ0) is 6.81. The van der Waals surface area contributed by atoms with Crippen LogP contribution in [0.15, 0.2) is 24.3 Å². The van der Waals surface area contributed by atoms with Crippen molar-refractivity contribution in [2.75, 3.05) is 12.0 Å². The first-order valence-corrected chi connectivity index (χ1v) is 3.24. The third-order valence-electron chi connectivity index (χ3n) is 1.52. The highest BCUT2D eigenvalue weighted by Crippen LogP contribution is 2.20. The molecule has 0 spiro atoms. The van der Waals surface area contributed by atoms with Crippen molar-refractivity contribution in [3.05, 3.63) is 36.4 Å². The van der Waals surface area contributed by atoms with Gasteiger partial charge in [0.2, 0.25) is 0 Å². The van der Waals surface area contributed by atoms with Crippen LogP contribution in [-0.2, 0) is 4.74 Å². The van der Waals surface area contributed by atoms with Gasteiger partial charge in [-0.05, 0) is 6.07 Å². The van der Waals surface area contributed by atoms with Crippen LogP contribution in [0.1, 0.15) is 5.56 Å². The quantitative estimate of drug-likeness (QED) is 0.581. The molecule has 0 aromatic heterocycles. The van der Waals surface area contributed by atoms with Crippen molar-refractivity contribution in [2.45, 2.75) is 0 Å². The summed E-state index contributed by atoms with van der Waals surface area (Å²) in [6.07, 6.45) is 0. The van der Waals surface area contributed by atoms with E-state index in [1.807, 2.05) is 24.3 Å². The number of rotatable bonds is 0. The molecule has 2 rings (SSSR count). The number of fused-ring (bicyclic) bond motifs is 1. The fourth-order valence-corrected chi connectivity index (χ4v) is 1.01. The maximum atomic E-state index is 5.06. The maximum absolute atomic E-state index is 5.06. The molecule has 1 heterocycles. The second-order valence-corrected chi connectivity index (χ2v) is 2.19. The summed E-state index contributed by atoms with van der Waals surface area (Å²) in [5, 5.41) is 3.11. The topological polar surface area (TPSA) is 21.3 Å². The number of para-hydroxylation sites is 1. The highest BCUT2D eigenvalue weighted by Gasteiger charge is 2.05. The van der Waals surface area contributed by atoms with Crippen LogP contribution < -0.4 is 5.32 Å². The first kappa shape index (κ1) is 5.74. The van der Waals surface area contributed by atoms with Crippen LogP contribution in [0.2, 0.25) is 0 Å². The van der Waals surface area contributed by atoms with Crippen LogP contribution in [0.5, 0.6) is 0 Å². The predicted molar refractivity (Wildman–Crippen MR) is 39.4 cm³/mol. The molecule has 1 aliphatic heterocycles. The Morgan fingerprint density at radius 1 is 1.30 bits per heavy atom. The van der Waals surface area contributed by atoms with Crippen LogP contribution in [0.4, 0.5) is 5.69 Å². The van der Waals surface area contributed by atoms with Crippen LogP contribution >= 0.6 is 0 Å². The summed E-state index contributed by atoms with van der Waals surface area (Å²) in [7, 11) is 0. The van der Waals surface area contributed by atoms with Crippen molar-refractivity contribution >= 4 is 5.69 Å². The minimum atomic E-state index is 0.580. The van der Waals surface area contributed by atoms with E-state index in [2.05, 4.69) is 5.32 Å². The van der Waals surface area contributed by atoms with E-state index in [9.17, 15) is 0 Å². The lowest BCUT2D eigenvalue weighted by molar-refractivity contribution is 0.228. The van der Waals surface area contributed by atoms with Gasteiger partial charge in [-0.25, -0.2) is 0 Å². The molecule has 1 aromatic carbocycles. The first-order chi connectivity index (χ1) is 4.97. The van der Waals surface area contributed by atoms with E-state index in [1.165, 1.54) is 0 Å². The van der Waals surface area contributed by atoms with Crippen molar-refractivity contribution < 1.29 is 4.74 Å². The molecule has 0 bridgehead atoms. The standard InChI is InChI=1S/C8H8NO/c1-2-4-8-7(3-1)5-10-6-9-8/h1-5,9H,6H2. The van der Waals surface area contributed by atoms with Gasteiger partial charge in [0.05, 0.1) is 0 Å². The van der Waals surface area contributed by atoms with Crippen LogP contribution in [-0.4, -0.2) is 6.73 Å². The molecule has 1 aromatic rings. The Kier molecular flexibility index (Phi) is 1.32. The van der Waals surface area contributed by atoms with Crippen LogP contribution in [0.3, 0.4) is 0 Å². The normalized spacial score (nSPS) is 15.6. The summed E-state index contributed by atoms with van der Waals surface area (Å²) in [6.45, 7) is 2.35. The van der Waals surface area contributed by atoms with E-state index in [-0.39, 0.29) is 0 Å². The average Bonchev–Trinajstić information content (AvgIpc) is 2.05. The lowest BCUT2D eigenvalue weighted by Gasteiger charge is -2.16. The van der Waals surface area contributed by atoms with Gasteiger partial charge in [0.15, 0.2) is 0 Å². The van der Waals surface area contributed by atoms with Gasteiger partial charge in [0, 0.05) is 11.3 Å². The van der Waals surface area contributed by atoms with Gasteiger partial charge in [-0.3, -0.25) is 0 Å². The Bertz CT molecular complexity index is 209. The van der Waals surface area contributed by atoms with Gasteiger partial charge in [0.25, 0.3) is 0 Å². The predicted octanol–water partition coefficient (Wildman–Crippen LogP) is 1.60. The highest BCUT2D eigenvalue weighted by atomic mass is 16.5. The molecule has 0 unspecified atom stereocenters. The molecule has 51 valence electrons. The summed E-state index contributed by atoms with van der Waals surface area (Å²) in [5.41, 5.74) is 2.27.